The maximum Gasteiger partial charge on any atom is 0.326 e. The van der Waals surface area contributed by atoms with Crippen LogP contribution in [0.3, 0.4) is 0 Å². The van der Waals surface area contributed by atoms with Gasteiger partial charge < -0.3 is 5.32 Å². The SMILES string of the molecule is CCC(=Nc1ccccc1)c1ccccc1.CC[C@@H](Nc1ccccc1)c1ccccc1.ClCCl.Cl[SiH](Cl)Cl.ICI. The zero-order chi connectivity index (χ0) is 31.4. The number of nitrogens with one attached hydrogen (secondary N) is 1. The van der Waals surface area contributed by atoms with Crippen molar-refractivity contribution in [1.29, 1.82) is 0 Å². The first kappa shape index (κ1) is 41.5. The summed E-state index contributed by atoms with van der Waals surface area (Å²) in [6, 6.07) is 41.7. The molecule has 0 aliphatic rings. The molecule has 0 fully saturated rings. The van der Waals surface area contributed by atoms with Crippen LogP contribution in [0, 0.1) is 0 Å². The Labute approximate surface area is 305 Å². The number of anilines is 1. The highest BCUT2D eigenvalue weighted by Gasteiger charge is 2.07. The molecule has 0 heterocycles. The monoisotopic (exact) mass is 906 g/mol. The molecule has 42 heavy (non-hydrogen) atoms. The van der Waals surface area contributed by atoms with Gasteiger partial charge in [-0.15, -0.1) is 56.4 Å². The highest BCUT2D eigenvalue weighted by atomic mass is 127. The third kappa shape index (κ3) is 22.1. The number of hydrogen-bond donors (Lipinski definition) is 1. The van der Waals surface area contributed by atoms with E-state index in [1.807, 2.05) is 54.6 Å². The van der Waals surface area contributed by atoms with Crippen molar-refractivity contribution in [3.63, 3.8) is 0 Å². The minimum atomic E-state index is -1.72. The molecule has 0 radical (unpaired) electrons. The van der Waals surface area contributed by atoms with Crippen molar-refractivity contribution in [2.45, 2.75) is 32.7 Å². The summed E-state index contributed by atoms with van der Waals surface area (Å²) >= 11 is 28.9. The molecule has 0 saturated carbocycles. The first-order chi connectivity index (χ1) is 20.4. The van der Waals surface area contributed by atoms with Crippen LogP contribution in [0.15, 0.2) is 126 Å². The molecular weight excluding hydrogens is 872 g/mol. The molecule has 10 heteroatoms. The van der Waals surface area contributed by atoms with E-state index in [1.54, 1.807) is 0 Å². The van der Waals surface area contributed by atoms with Crippen molar-refractivity contribution in [1.82, 2.24) is 0 Å². The summed E-state index contributed by atoms with van der Waals surface area (Å²) in [6.07, 6.45) is 2.03. The van der Waals surface area contributed by atoms with E-state index in [-0.39, 0.29) is 5.34 Å². The van der Waals surface area contributed by atoms with Gasteiger partial charge in [-0.25, -0.2) is 0 Å². The minimum absolute atomic E-state index is 0.194. The van der Waals surface area contributed by atoms with Crippen molar-refractivity contribution < 1.29 is 0 Å². The van der Waals surface area contributed by atoms with E-state index in [0.717, 1.165) is 24.2 Å². The van der Waals surface area contributed by atoms with Gasteiger partial charge in [-0.2, -0.15) is 0 Å². The van der Waals surface area contributed by atoms with Gasteiger partial charge >= 0.3 is 6.73 Å². The summed E-state index contributed by atoms with van der Waals surface area (Å²) in [7, 11) is 0. The minimum Gasteiger partial charge on any atom is -0.378 e. The number of halogens is 7. The van der Waals surface area contributed by atoms with Crippen LogP contribution in [0.5, 0.6) is 0 Å². The number of rotatable bonds is 7. The first-order valence-corrected chi connectivity index (χ1v) is 22.4. The van der Waals surface area contributed by atoms with E-state index in [0.29, 0.717) is 6.04 Å². The van der Waals surface area contributed by atoms with Crippen molar-refractivity contribution in [2.75, 3.05) is 13.1 Å². The van der Waals surface area contributed by atoms with E-state index in [9.17, 15) is 0 Å². The molecule has 0 saturated heterocycles. The fraction of sp³-hybridized carbons (Fsp3) is 0.219. The van der Waals surface area contributed by atoms with Gasteiger partial charge in [-0.3, -0.25) is 4.99 Å². The standard InChI is InChI=1S/C15H17N.C15H15N.CH2Cl2.CH2I2.Cl3HSi/c2*1-2-15(13-9-5-3-6-10-13)16-14-11-7-4-8-12-14;2*2-1-3;1-4(2)3/h3-12,15-16H,2H2,1H3;3-12H,2H2,1H3;2*1H2;4H/t15-;;;;/m1..../s1. The molecule has 228 valence electrons. The Bertz CT molecular complexity index is 1160. The van der Waals surface area contributed by atoms with E-state index in [1.165, 1.54) is 19.2 Å². The average Bonchev–Trinajstić information content (AvgIpc) is 3.01. The van der Waals surface area contributed by atoms with Gasteiger partial charge in [0.2, 0.25) is 0 Å². The van der Waals surface area contributed by atoms with Gasteiger partial charge in [0, 0.05) is 11.4 Å². The fourth-order valence-electron chi connectivity index (χ4n) is 3.48. The summed E-state index contributed by atoms with van der Waals surface area (Å²) in [5.74, 6) is 0. The van der Waals surface area contributed by atoms with Crippen LogP contribution in [0.4, 0.5) is 11.4 Å². The van der Waals surface area contributed by atoms with Crippen LogP contribution >= 0.6 is 102 Å². The quantitative estimate of drug-likeness (QED) is 0.0645. The van der Waals surface area contributed by atoms with Crippen molar-refractivity contribution in [3.8, 4) is 0 Å². The van der Waals surface area contributed by atoms with Crippen LogP contribution < -0.4 is 5.32 Å². The lowest BCUT2D eigenvalue weighted by Gasteiger charge is -2.18. The molecule has 1 atom stereocenters. The lowest BCUT2D eigenvalue weighted by molar-refractivity contribution is 0.749. The molecule has 4 aromatic rings. The Hall–Kier alpha value is -0.523. The molecule has 4 aromatic carbocycles. The summed E-state index contributed by atoms with van der Waals surface area (Å²) < 4.78 is 1.19. The maximum absolute atomic E-state index is 4.94. The number of nitrogens with zero attached hydrogens (tertiary/aromatic N) is 1. The predicted molar refractivity (Wildman–Crippen MR) is 213 cm³/mol. The highest BCUT2D eigenvalue weighted by molar-refractivity contribution is 14.2. The van der Waals surface area contributed by atoms with Crippen LogP contribution in [0.2, 0.25) is 0 Å². The summed E-state index contributed by atoms with van der Waals surface area (Å²) in [6.45, 7) is 2.61. The molecule has 0 bridgehead atoms. The number of para-hydroxylation sites is 2. The molecule has 4 rings (SSSR count). The lowest BCUT2D eigenvalue weighted by atomic mass is 10.0. The van der Waals surface area contributed by atoms with Gasteiger partial charge in [0.1, 0.15) is 0 Å². The third-order valence-electron chi connectivity index (χ3n) is 5.19. The van der Waals surface area contributed by atoms with E-state index in [4.69, 9.17) is 56.4 Å². The molecule has 2 nitrogen and oxygen atoms in total. The van der Waals surface area contributed by atoms with Gasteiger partial charge in [0.15, 0.2) is 0 Å². The Morgan fingerprint density at radius 1 is 0.714 bits per heavy atom. The molecule has 0 aliphatic carbocycles. The molecule has 0 amide bonds. The molecular formula is C32H37Cl5I2N2Si. The van der Waals surface area contributed by atoms with E-state index < -0.39 is 6.73 Å². The van der Waals surface area contributed by atoms with Crippen molar-refractivity contribution in [3.05, 3.63) is 132 Å². The number of aliphatic imine (C=N–C) groups is 1. The second kappa shape index (κ2) is 29.2. The summed E-state index contributed by atoms with van der Waals surface area (Å²) in [5.41, 5.74) is 5.87. The van der Waals surface area contributed by atoms with Crippen LogP contribution in [-0.2, 0) is 0 Å². The Balaban J connectivity index is 0.000000611. The zero-order valence-corrected chi connectivity index (χ0v) is 32.9. The number of benzene rings is 4. The second-order valence-electron chi connectivity index (χ2n) is 7.94. The van der Waals surface area contributed by atoms with Gasteiger partial charge in [-0.1, -0.05) is 156 Å². The predicted octanol–water partition coefficient (Wildman–Crippen LogP) is 13.1. The molecule has 1 N–H and O–H groups in total. The number of hydrogen-bond acceptors (Lipinski definition) is 2. The molecule has 0 unspecified atom stereocenters. The lowest BCUT2D eigenvalue weighted by Crippen LogP contribution is -2.09. The van der Waals surface area contributed by atoms with Crippen molar-refractivity contribution in [2.24, 2.45) is 4.99 Å². The largest absolute Gasteiger partial charge is 0.378 e. The smallest absolute Gasteiger partial charge is 0.326 e. The van der Waals surface area contributed by atoms with Gasteiger partial charge in [0.05, 0.1) is 19.5 Å². The van der Waals surface area contributed by atoms with E-state index in [2.05, 4.69) is 136 Å². The Kier molecular flexibility index (Phi) is 28.8. The first-order valence-electron chi connectivity index (χ1n) is 13.1. The van der Waals surface area contributed by atoms with E-state index >= 15 is 0 Å². The third-order valence-corrected chi connectivity index (χ3v) is 5.19. The van der Waals surface area contributed by atoms with Crippen LogP contribution in [-0.4, -0.2) is 20.2 Å². The molecule has 0 spiro atoms. The summed E-state index contributed by atoms with van der Waals surface area (Å²) in [4.78, 5) is 4.66. The molecule has 0 aromatic heterocycles. The topological polar surface area (TPSA) is 24.4 Å². The van der Waals surface area contributed by atoms with Crippen molar-refractivity contribution >= 4 is 125 Å². The van der Waals surface area contributed by atoms with Crippen LogP contribution in [0.1, 0.15) is 43.9 Å². The fourth-order valence-corrected chi connectivity index (χ4v) is 3.48. The van der Waals surface area contributed by atoms with Gasteiger partial charge in [-0.05, 0) is 48.2 Å². The van der Waals surface area contributed by atoms with Crippen LogP contribution in [0.25, 0.3) is 0 Å². The Morgan fingerprint density at radius 3 is 1.50 bits per heavy atom. The summed E-state index contributed by atoms with van der Waals surface area (Å²) in [5, 5.41) is 3.74. The second-order valence-corrected chi connectivity index (χ2v) is 19.6. The molecule has 0 aliphatic heterocycles. The van der Waals surface area contributed by atoms with Gasteiger partial charge in [0.25, 0.3) is 0 Å². The highest BCUT2D eigenvalue weighted by Crippen LogP contribution is 2.21. The normalized spacial score (nSPS) is 10.7. The Morgan fingerprint density at radius 2 is 1.10 bits per heavy atom. The number of alkyl halides is 4. The average molecular weight is 909 g/mol. The zero-order valence-electron chi connectivity index (χ0n) is 23.6. The maximum atomic E-state index is 4.94.